The fourth-order valence-corrected chi connectivity index (χ4v) is 10.5. The maximum atomic E-state index is 13.1. The van der Waals surface area contributed by atoms with E-state index in [4.69, 9.17) is 13.9 Å². The molecule has 0 heterocycles. The number of methoxy groups -OCH3 is 2. The van der Waals surface area contributed by atoms with Crippen LogP contribution in [0.1, 0.15) is 64.7 Å². The van der Waals surface area contributed by atoms with Gasteiger partial charge in [-0.1, -0.05) is 84.0 Å². The first-order chi connectivity index (χ1) is 14.7. The monoisotopic (exact) mass is 442 g/mol. The van der Waals surface area contributed by atoms with Crippen LogP contribution in [0.4, 0.5) is 0 Å². The maximum Gasteiger partial charge on any atom is 0.316 e. The summed E-state index contributed by atoms with van der Waals surface area (Å²) in [5, 5.41) is 0. The average Bonchev–Trinajstić information content (AvgIpc) is 2.76. The Morgan fingerprint density at radius 1 is 0.742 bits per heavy atom. The summed E-state index contributed by atoms with van der Waals surface area (Å²) in [7, 11) is 0.808. The summed E-state index contributed by atoms with van der Waals surface area (Å²) in [6, 6.07) is 17.7. The van der Waals surface area contributed by atoms with Crippen molar-refractivity contribution < 1.29 is 18.7 Å². The molecule has 0 amide bonds. The van der Waals surface area contributed by atoms with Crippen LogP contribution in [0.15, 0.2) is 54.6 Å². The van der Waals surface area contributed by atoms with Gasteiger partial charge < -0.3 is 13.9 Å². The van der Waals surface area contributed by atoms with Crippen molar-refractivity contribution in [3.63, 3.8) is 0 Å². The van der Waals surface area contributed by atoms with E-state index in [0.717, 1.165) is 16.9 Å². The smallest absolute Gasteiger partial charge is 0.316 e. The van der Waals surface area contributed by atoms with E-state index in [1.165, 1.54) is 7.11 Å². The van der Waals surface area contributed by atoms with Crippen molar-refractivity contribution in [3.8, 4) is 5.75 Å². The molecule has 0 aliphatic heterocycles. The molecule has 0 N–H and O–H groups in total. The van der Waals surface area contributed by atoms with Gasteiger partial charge in [-0.15, -0.1) is 0 Å². The van der Waals surface area contributed by atoms with E-state index in [2.05, 4.69) is 41.5 Å². The van der Waals surface area contributed by atoms with Gasteiger partial charge in [0.05, 0.1) is 20.3 Å². The van der Waals surface area contributed by atoms with E-state index < -0.39 is 20.3 Å². The number of rotatable bonds is 10. The van der Waals surface area contributed by atoms with Crippen LogP contribution in [0.5, 0.6) is 5.75 Å². The minimum Gasteiger partial charge on any atom is -0.497 e. The lowest BCUT2D eigenvalue weighted by molar-refractivity contribution is -0.145. The largest absolute Gasteiger partial charge is 0.497 e. The third-order valence-corrected chi connectivity index (χ3v) is 12.5. The molecule has 170 valence electrons. The molecule has 0 fully saturated rings. The zero-order chi connectivity index (χ0) is 23.2. The fraction of sp³-hybridized carbons (Fsp3) is 0.500. The van der Waals surface area contributed by atoms with E-state index in [-0.39, 0.29) is 5.97 Å². The minimum atomic E-state index is -2.29. The van der Waals surface area contributed by atoms with Crippen LogP contribution in [0.25, 0.3) is 0 Å². The van der Waals surface area contributed by atoms with Crippen molar-refractivity contribution in [1.29, 1.82) is 0 Å². The summed E-state index contributed by atoms with van der Waals surface area (Å²) < 4.78 is 17.9. The molecule has 2 atom stereocenters. The summed E-state index contributed by atoms with van der Waals surface area (Å²) in [4.78, 5) is 13.1. The van der Waals surface area contributed by atoms with E-state index in [1.807, 2.05) is 54.6 Å². The van der Waals surface area contributed by atoms with Crippen LogP contribution in [0.2, 0.25) is 16.6 Å². The number of ether oxygens (including phenoxy) is 2. The van der Waals surface area contributed by atoms with Gasteiger partial charge in [-0.3, -0.25) is 4.79 Å². The van der Waals surface area contributed by atoms with Crippen molar-refractivity contribution in [1.82, 2.24) is 0 Å². The summed E-state index contributed by atoms with van der Waals surface area (Å²) in [5.41, 5.74) is 3.03. The first-order valence-electron chi connectivity index (χ1n) is 11.1. The van der Waals surface area contributed by atoms with Crippen LogP contribution in [-0.4, -0.2) is 28.5 Å². The van der Waals surface area contributed by atoms with Crippen molar-refractivity contribution >= 4 is 14.3 Å². The summed E-state index contributed by atoms with van der Waals surface area (Å²) in [6.07, 6.45) is -0.445. The number of carbonyl (C=O) groups excluding carboxylic acids is 1. The summed E-state index contributed by atoms with van der Waals surface area (Å²) >= 11 is 0. The molecule has 0 aliphatic rings. The second kappa shape index (κ2) is 11.0. The van der Waals surface area contributed by atoms with Gasteiger partial charge in [0.2, 0.25) is 8.32 Å². The Balaban J connectivity index is 2.70. The molecule has 2 aromatic rings. The molecular weight excluding hydrogens is 404 g/mol. The van der Waals surface area contributed by atoms with Gasteiger partial charge in [0, 0.05) is 0 Å². The van der Waals surface area contributed by atoms with Gasteiger partial charge in [-0.05, 0) is 39.9 Å². The third-order valence-electron chi connectivity index (χ3n) is 6.40. The van der Waals surface area contributed by atoms with Gasteiger partial charge in [0.25, 0.3) is 0 Å². The molecule has 0 saturated carbocycles. The molecule has 4 nitrogen and oxygen atoms in total. The van der Waals surface area contributed by atoms with E-state index in [1.54, 1.807) is 7.11 Å². The molecule has 0 bridgehead atoms. The quantitative estimate of drug-likeness (QED) is 0.297. The molecule has 0 radical (unpaired) electrons. The van der Waals surface area contributed by atoms with Crippen LogP contribution >= 0.6 is 0 Å². The molecule has 0 aromatic heterocycles. The Morgan fingerprint density at radius 2 is 1.26 bits per heavy atom. The Labute approximate surface area is 189 Å². The first kappa shape index (κ1) is 25.2. The highest BCUT2D eigenvalue weighted by Gasteiger charge is 2.49. The molecule has 31 heavy (non-hydrogen) atoms. The maximum absolute atomic E-state index is 13.1. The summed E-state index contributed by atoms with van der Waals surface area (Å²) in [5.74, 6) is -0.0641. The Morgan fingerprint density at radius 3 is 1.68 bits per heavy atom. The van der Waals surface area contributed by atoms with Gasteiger partial charge in [-0.25, -0.2) is 0 Å². The summed E-state index contributed by atoms with van der Waals surface area (Å²) in [6.45, 7) is 13.5. The second-order valence-electron chi connectivity index (χ2n) is 9.04. The van der Waals surface area contributed by atoms with Crippen molar-refractivity contribution in [2.24, 2.45) is 0 Å². The van der Waals surface area contributed by atoms with Gasteiger partial charge >= 0.3 is 5.97 Å². The van der Waals surface area contributed by atoms with Crippen molar-refractivity contribution in [3.05, 3.63) is 65.7 Å². The minimum absolute atomic E-state index is 0.286. The Hall–Kier alpha value is -2.11. The lowest BCUT2D eigenvalue weighted by Gasteiger charge is -2.46. The lowest BCUT2D eigenvalue weighted by atomic mass is 9.89. The van der Waals surface area contributed by atoms with Crippen molar-refractivity contribution in [2.75, 3.05) is 14.2 Å². The van der Waals surface area contributed by atoms with Gasteiger partial charge in [0.1, 0.15) is 11.7 Å². The van der Waals surface area contributed by atoms with E-state index in [0.29, 0.717) is 16.6 Å². The Kier molecular flexibility index (Phi) is 8.89. The highest BCUT2D eigenvalue weighted by molar-refractivity contribution is 6.77. The van der Waals surface area contributed by atoms with Crippen molar-refractivity contribution in [2.45, 2.75) is 70.2 Å². The third kappa shape index (κ3) is 5.39. The number of benzene rings is 2. The van der Waals surface area contributed by atoms with Crippen LogP contribution < -0.4 is 4.74 Å². The Bertz CT molecular complexity index is 793. The van der Waals surface area contributed by atoms with Gasteiger partial charge in [0.15, 0.2) is 0 Å². The number of esters is 1. The van der Waals surface area contributed by atoms with Crippen LogP contribution in [-0.2, 0) is 14.0 Å². The predicted octanol–water partition coefficient (Wildman–Crippen LogP) is 6.89. The van der Waals surface area contributed by atoms with Crippen LogP contribution in [0, 0.1) is 0 Å². The predicted molar refractivity (Wildman–Crippen MR) is 129 cm³/mol. The number of hydrogen-bond acceptors (Lipinski definition) is 4. The van der Waals surface area contributed by atoms with Crippen LogP contribution in [0.3, 0.4) is 0 Å². The number of hydrogen-bond donors (Lipinski definition) is 0. The normalized spacial score (nSPS) is 14.0. The van der Waals surface area contributed by atoms with E-state index >= 15 is 0 Å². The molecule has 0 saturated heterocycles. The second-order valence-corrected chi connectivity index (χ2v) is 14.4. The fourth-order valence-electron chi connectivity index (χ4n) is 4.97. The topological polar surface area (TPSA) is 44.8 Å². The van der Waals surface area contributed by atoms with Gasteiger partial charge in [-0.2, -0.15) is 0 Å². The average molecular weight is 443 g/mol. The highest BCUT2D eigenvalue weighted by Crippen LogP contribution is 2.48. The molecule has 0 unspecified atom stereocenters. The SMILES string of the molecule is COC(=O)[C@H](c1ccccc1)[C@@H](O[Si](C(C)C)(C(C)C)C(C)C)c1ccc(OC)cc1. The molecule has 5 heteroatoms. The molecule has 2 aromatic carbocycles. The molecular formula is C26H38O4Si. The molecule has 0 aliphatic carbocycles. The number of carbonyl (C=O) groups is 1. The highest BCUT2D eigenvalue weighted by atomic mass is 28.4. The molecule has 2 rings (SSSR count). The first-order valence-corrected chi connectivity index (χ1v) is 13.3. The zero-order valence-electron chi connectivity index (χ0n) is 20.2. The standard InChI is InChI=1S/C26H38O4Si/c1-18(2)31(19(3)4,20(5)6)30-25(22-14-16-23(28-7)17-15-22)24(26(27)29-8)21-12-10-9-11-13-21/h9-20,24-25H,1-8H3/t24-,25+/m1/s1. The van der Waals surface area contributed by atoms with E-state index in [9.17, 15) is 4.79 Å². The molecule has 0 spiro atoms. The zero-order valence-corrected chi connectivity index (χ0v) is 21.2. The lowest BCUT2D eigenvalue weighted by Crippen LogP contribution is -2.49.